The van der Waals surface area contributed by atoms with Gasteiger partial charge in [0.15, 0.2) is 0 Å². The molecule has 122 valence electrons. The minimum absolute atomic E-state index is 0.101. The van der Waals surface area contributed by atoms with Gasteiger partial charge in [-0.3, -0.25) is 9.48 Å². The zero-order valence-corrected chi connectivity index (χ0v) is 13.6. The molecule has 0 bridgehead atoms. The standard InChI is InChI=1S/C18H23N3O2/c1-14-16(13-19-21(14)2)10-11-18(23)20-17(9-6-12-22)15-7-4-3-5-8-15/h3-5,7-8,10-11,13,17,22H,6,9,12H2,1-2H3,(H,20,23)/b11-10+. The lowest BCUT2D eigenvalue weighted by atomic mass is 10.0. The van der Waals surface area contributed by atoms with Crippen molar-refractivity contribution in [1.82, 2.24) is 15.1 Å². The monoisotopic (exact) mass is 313 g/mol. The van der Waals surface area contributed by atoms with Crippen LogP contribution in [0.2, 0.25) is 0 Å². The number of rotatable bonds is 7. The molecule has 1 aromatic carbocycles. The van der Waals surface area contributed by atoms with E-state index in [-0.39, 0.29) is 18.6 Å². The molecule has 2 rings (SSSR count). The van der Waals surface area contributed by atoms with E-state index in [1.54, 1.807) is 17.0 Å². The first kappa shape index (κ1) is 17.0. The Balaban J connectivity index is 2.04. The fourth-order valence-electron chi connectivity index (χ4n) is 2.37. The van der Waals surface area contributed by atoms with Crippen molar-refractivity contribution in [3.05, 3.63) is 59.4 Å². The van der Waals surface area contributed by atoms with Crippen molar-refractivity contribution in [2.75, 3.05) is 6.61 Å². The third kappa shape index (κ3) is 4.79. The Kier molecular flexibility index (Phi) is 6.11. The van der Waals surface area contributed by atoms with Crippen LogP contribution < -0.4 is 5.32 Å². The van der Waals surface area contributed by atoms with Gasteiger partial charge in [-0.1, -0.05) is 30.3 Å². The Labute approximate surface area is 136 Å². The van der Waals surface area contributed by atoms with Gasteiger partial charge in [-0.15, -0.1) is 0 Å². The van der Waals surface area contributed by atoms with Crippen molar-refractivity contribution in [3.8, 4) is 0 Å². The van der Waals surface area contributed by atoms with Crippen LogP contribution in [0.15, 0.2) is 42.6 Å². The molecule has 0 spiro atoms. The Bertz CT molecular complexity index is 662. The molecule has 1 atom stereocenters. The number of hydrogen-bond acceptors (Lipinski definition) is 3. The summed E-state index contributed by atoms with van der Waals surface area (Å²) in [6.07, 6.45) is 6.38. The van der Waals surface area contributed by atoms with Gasteiger partial charge >= 0.3 is 0 Å². The molecule has 2 N–H and O–H groups in total. The third-order valence-electron chi connectivity index (χ3n) is 3.86. The molecule has 1 amide bonds. The van der Waals surface area contributed by atoms with Gasteiger partial charge in [-0.25, -0.2) is 0 Å². The van der Waals surface area contributed by atoms with Gasteiger partial charge in [0.25, 0.3) is 0 Å². The highest BCUT2D eigenvalue weighted by molar-refractivity contribution is 5.92. The van der Waals surface area contributed by atoms with Gasteiger partial charge in [-0.05, 0) is 31.4 Å². The Morgan fingerprint density at radius 2 is 2.13 bits per heavy atom. The molecule has 0 aliphatic heterocycles. The maximum absolute atomic E-state index is 12.2. The molecule has 2 aromatic rings. The first-order valence-corrected chi connectivity index (χ1v) is 7.75. The van der Waals surface area contributed by atoms with Crippen molar-refractivity contribution in [3.63, 3.8) is 0 Å². The Morgan fingerprint density at radius 3 is 2.74 bits per heavy atom. The fraction of sp³-hybridized carbons (Fsp3) is 0.333. The number of benzene rings is 1. The van der Waals surface area contributed by atoms with Crippen LogP contribution in [-0.4, -0.2) is 27.4 Å². The summed E-state index contributed by atoms with van der Waals surface area (Å²) < 4.78 is 1.77. The molecule has 1 unspecified atom stereocenters. The molecule has 0 aliphatic rings. The minimum Gasteiger partial charge on any atom is -0.396 e. The SMILES string of the molecule is Cc1c(/C=C/C(=O)NC(CCCO)c2ccccc2)cnn1C. The quantitative estimate of drug-likeness (QED) is 0.771. The fourth-order valence-corrected chi connectivity index (χ4v) is 2.37. The highest BCUT2D eigenvalue weighted by Gasteiger charge is 2.12. The van der Waals surface area contributed by atoms with Crippen LogP contribution in [0.3, 0.4) is 0 Å². The molecule has 0 aliphatic carbocycles. The van der Waals surface area contributed by atoms with E-state index in [0.717, 1.165) is 16.8 Å². The summed E-state index contributed by atoms with van der Waals surface area (Å²) in [5.74, 6) is -0.153. The van der Waals surface area contributed by atoms with Crippen molar-refractivity contribution >= 4 is 12.0 Å². The van der Waals surface area contributed by atoms with Crippen LogP contribution in [-0.2, 0) is 11.8 Å². The van der Waals surface area contributed by atoms with Gasteiger partial charge < -0.3 is 10.4 Å². The second-order valence-electron chi connectivity index (χ2n) is 5.48. The van der Waals surface area contributed by atoms with Crippen molar-refractivity contribution in [2.24, 2.45) is 7.05 Å². The van der Waals surface area contributed by atoms with Crippen molar-refractivity contribution < 1.29 is 9.90 Å². The first-order valence-electron chi connectivity index (χ1n) is 7.75. The van der Waals surface area contributed by atoms with Gasteiger partial charge in [-0.2, -0.15) is 5.10 Å². The van der Waals surface area contributed by atoms with Gasteiger partial charge in [0.05, 0.1) is 12.2 Å². The number of aryl methyl sites for hydroxylation is 1. The Hall–Kier alpha value is -2.40. The lowest BCUT2D eigenvalue weighted by molar-refractivity contribution is -0.117. The number of carbonyl (C=O) groups excluding carboxylic acids is 1. The van der Waals surface area contributed by atoms with Crippen LogP contribution in [0, 0.1) is 6.92 Å². The number of aliphatic hydroxyl groups excluding tert-OH is 1. The molecule has 5 nitrogen and oxygen atoms in total. The molecule has 1 heterocycles. The molecule has 0 radical (unpaired) electrons. The van der Waals surface area contributed by atoms with Gasteiger partial charge in [0.2, 0.25) is 5.91 Å². The Morgan fingerprint density at radius 1 is 1.39 bits per heavy atom. The van der Waals surface area contributed by atoms with E-state index >= 15 is 0 Å². The van der Waals surface area contributed by atoms with Gasteiger partial charge in [0.1, 0.15) is 0 Å². The minimum atomic E-state index is -0.153. The largest absolute Gasteiger partial charge is 0.396 e. The second-order valence-corrected chi connectivity index (χ2v) is 5.48. The van der Waals surface area contributed by atoms with E-state index < -0.39 is 0 Å². The number of aliphatic hydroxyl groups is 1. The highest BCUT2D eigenvalue weighted by Crippen LogP contribution is 2.18. The predicted octanol–water partition coefficient (Wildman–Crippen LogP) is 2.37. The summed E-state index contributed by atoms with van der Waals surface area (Å²) in [6, 6.07) is 9.70. The van der Waals surface area contributed by atoms with E-state index in [1.807, 2.05) is 44.3 Å². The number of carbonyl (C=O) groups is 1. The second kappa shape index (κ2) is 8.29. The predicted molar refractivity (Wildman–Crippen MR) is 90.6 cm³/mol. The third-order valence-corrected chi connectivity index (χ3v) is 3.86. The highest BCUT2D eigenvalue weighted by atomic mass is 16.3. The molecular weight excluding hydrogens is 290 g/mol. The summed E-state index contributed by atoms with van der Waals surface area (Å²) in [4.78, 5) is 12.2. The normalized spacial score (nSPS) is 12.5. The molecule has 0 saturated carbocycles. The lowest BCUT2D eigenvalue weighted by Gasteiger charge is -2.18. The summed E-state index contributed by atoms with van der Waals surface area (Å²) in [6.45, 7) is 2.07. The number of amides is 1. The summed E-state index contributed by atoms with van der Waals surface area (Å²) in [5.41, 5.74) is 2.98. The van der Waals surface area contributed by atoms with Crippen molar-refractivity contribution in [1.29, 1.82) is 0 Å². The maximum atomic E-state index is 12.2. The van der Waals surface area contributed by atoms with Crippen LogP contribution in [0.4, 0.5) is 0 Å². The number of hydrogen-bond donors (Lipinski definition) is 2. The zero-order chi connectivity index (χ0) is 16.7. The molecule has 0 fully saturated rings. The molecule has 23 heavy (non-hydrogen) atoms. The van der Waals surface area contributed by atoms with E-state index in [2.05, 4.69) is 10.4 Å². The van der Waals surface area contributed by atoms with E-state index in [9.17, 15) is 4.79 Å². The average molecular weight is 313 g/mol. The average Bonchev–Trinajstić information content (AvgIpc) is 2.89. The molecule has 0 saturated heterocycles. The summed E-state index contributed by atoms with van der Waals surface area (Å²) >= 11 is 0. The van der Waals surface area contributed by atoms with Crippen LogP contribution in [0.25, 0.3) is 6.08 Å². The van der Waals surface area contributed by atoms with Crippen molar-refractivity contribution in [2.45, 2.75) is 25.8 Å². The summed E-state index contributed by atoms with van der Waals surface area (Å²) in [5, 5.41) is 16.2. The van der Waals surface area contributed by atoms with Gasteiger partial charge in [0, 0.05) is 31.0 Å². The number of aromatic nitrogens is 2. The smallest absolute Gasteiger partial charge is 0.244 e. The van der Waals surface area contributed by atoms with Crippen LogP contribution in [0.5, 0.6) is 0 Å². The molecule has 1 aromatic heterocycles. The van der Waals surface area contributed by atoms with Crippen LogP contribution in [0.1, 0.15) is 35.7 Å². The number of nitrogens with one attached hydrogen (secondary N) is 1. The van der Waals surface area contributed by atoms with E-state index in [1.165, 1.54) is 6.08 Å². The van der Waals surface area contributed by atoms with E-state index in [4.69, 9.17) is 5.11 Å². The van der Waals surface area contributed by atoms with E-state index in [0.29, 0.717) is 12.8 Å². The molecular formula is C18H23N3O2. The zero-order valence-electron chi connectivity index (χ0n) is 13.6. The topological polar surface area (TPSA) is 67.2 Å². The maximum Gasteiger partial charge on any atom is 0.244 e. The summed E-state index contributed by atoms with van der Waals surface area (Å²) in [7, 11) is 1.87. The lowest BCUT2D eigenvalue weighted by Crippen LogP contribution is -2.27. The number of nitrogens with zero attached hydrogens (tertiary/aromatic N) is 2. The first-order chi connectivity index (χ1) is 11.1. The molecule has 5 heteroatoms. The van der Waals surface area contributed by atoms with Crippen LogP contribution >= 0.6 is 0 Å².